The van der Waals surface area contributed by atoms with Crippen LogP contribution in [0.1, 0.15) is 79.1 Å². The van der Waals surface area contributed by atoms with Crippen molar-refractivity contribution in [1.29, 1.82) is 5.41 Å². The smallest absolute Gasteiger partial charge is 0.323 e. The molecule has 16 heteroatoms. The topological polar surface area (TPSA) is 191 Å². The normalized spacial score (nSPS) is 18.1. The minimum absolute atomic E-state index is 0.0481. The van der Waals surface area contributed by atoms with Gasteiger partial charge in [-0.05, 0) is 92.9 Å². The van der Waals surface area contributed by atoms with E-state index in [2.05, 4.69) is 15.4 Å². The summed E-state index contributed by atoms with van der Waals surface area (Å²) in [5, 5.41) is 14.2. The number of likely N-dealkylation sites (tertiary alicyclic amines) is 2. The van der Waals surface area contributed by atoms with Crippen molar-refractivity contribution in [1.82, 2.24) is 25.2 Å². The van der Waals surface area contributed by atoms with E-state index in [1.165, 1.54) is 23.6 Å². The first kappa shape index (κ1) is 41.5. The predicted molar refractivity (Wildman–Crippen MR) is 219 cm³/mol. The van der Waals surface area contributed by atoms with Crippen LogP contribution >= 0.6 is 18.9 Å². The van der Waals surface area contributed by atoms with E-state index in [0.29, 0.717) is 73.5 Å². The van der Waals surface area contributed by atoms with Gasteiger partial charge in [-0.15, -0.1) is 11.3 Å². The number of aromatic nitrogens is 1. The van der Waals surface area contributed by atoms with E-state index in [1.54, 1.807) is 65.5 Å². The molecule has 2 saturated heterocycles. The Morgan fingerprint density at radius 2 is 1.88 bits per heavy atom. The molecule has 6 rings (SSSR count). The van der Waals surface area contributed by atoms with Crippen molar-refractivity contribution >= 4 is 58.8 Å². The number of rotatable bonds is 17. The molecule has 4 aromatic rings. The summed E-state index contributed by atoms with van der Waals surface area (Å²) >= 11 is 1.26. The molecule has 3 amide bonds. The van der Waals surface area contributed by atoms with Gasteiger partial charge in [-0.2, -0.15) is 0 Å². The lowest BCUT2D eigenvalue weighted by atomic mass is 9.91. The lowest BCUT2D eigenvalue weighted by Crippen LogP contribution is -2.59. The van der Waals surface area contributed by atoms with Gasteiger partial charge in [0, 0.05) is 54.3 Å². The van der Waals surface area contributed by atoms with Crippen molar-refractivity contribution < 1.29 is 33.0 Å². The number of hydrogen-bond donors (Lipinski definition) is 4. The molecular formula is C41H49N6O8PS. The maximum Gasteiger partial charge on any atom is 0.323 e. The molecule has 0 spiro atoms. The molecule has 2 fully saturated rings. The number of benzene rings is 2. The summed E-state index contributed by atoms with van der Waals surface area (Å²) in [6, 6.07) is 14.8. The van der Waals surface area contributed by atoms with Crippen LogP contribution < -0.4 is 20.4 Å². The summed E-state index contributed by atoms with van der Waals surface area (Å²) in [6.45, 7) is 4.80. The number of para-hydroxylation sites is 1. The molecule has 57 heavy (non-hydrogen) atoms. The molecule has 1 unspecified atom stereocenters. The third-order valence-corrected chi connectivity index (χ3v) is 13.3. The number of pyridine rings is 1. The highest BCUT2D eigenvalue weighted by atomic mass is 32.1. The number of esters is 1. The number of fused-ring (bicyclic) bond motifs is 1. The maximum atomic E-state index is 14.3. The average molecular weight is 817 g/mol. The predicted octanol–water partition coefficient (Wildman–Crippen LogP) is 5.83. The zero-order valence-corrected chi connectivity index (χ0v) is 33.8. The van der Waals surface area contributed by atoms with Crippen molar-refractivity contribution in [3.05, 3.63) is 99.3 Å². The fourth-order valence-corrected chi connectivity index (χ4v) is 10.2. The van der Waals surface area contributed by atoms with Crippen LogP contribution in [0.15, 0.2) is 77.9 Å². The minimum Gasteiger partial charge on any atom is -0.465 e. The fraction of sp³-hybridized carbons (Fsp3) is 0.415. The molecule has 0 radical (unpaired) electrons. The number of thiophene rings is 1. The van der Waals surface area contributed by atoms with Gasteiger partial charge in [-0.25, -0.2) is 5.09 Å². The van der Waals surface area contributed by atoms with Crippen molar-refractivity contribution in [2.45, 2.75) is 82.6 Å². The summed E-state index contributed by atoms with van der Waals surface area (Å²) in [4.78, 5) is 73.2. The second-order valence-corrected chi connectivity index (χ2v) is 17.7. The van der Waals surface area contributed by atoms with Crippen molar-refractivity contribution in [3.63, 3.8) is 0 Å². The summed E-state index contributed by atoms with van der Waals surface area (Å²) in [7, 11) is -3.71. The number of aromatic amines is 1. The van der Waals surface area contributed by atoms with Gasteiger partial charge in [0.15, 0.2) is 5.43 Å². The number of nitrogens with one attached hydrogen (secondary N) is 4. The van der Waals surface area contributed by atoms with E-state index in [-0.39, 0.29) is 42.4 Å². The van der Waals surface area contributed by atoms with Crippen molar-refractivity contribution in [3.8, 4) is 5.75 Å². The SMILES string of the molecule is CCCOC(=O)[C@H](C)NP(=O)(Cc1ccc2sc(C(=O)N[C@H]3CCCCN([C@@H](CCC=N)C(=O)N4CC(c5c[nH]ccc5=O)C4)C3=O)cc2c1)Oc1ccccc1. The first-order chi connectivity index (χ1) is 27.5. The van der Waals surface area contributed by atoms with Gasteiger partial charge in [-0.1, -0.05) is 31.2 Å². The molecule has 302 valence electrons. The van der Waals surface area contributed by atoms with Gasteiger partial charge in [0.1, 0.15) is 23.9 Å². The van der Waals surface area contributed by atoms with E-state index >= 15 is 0 Å². The molecule has 14 nitrogen and oxygen atoms in total. The van der Waals surface area contributed by atoms with Crippen molar-refractivity contribution in [2.75, 3.05) is 26.2 Å². The van der Waals surface area contributed by atoms with Crippen molar-refractivity contribution in [2.24, 2.45) is 0 Å². The number of carbonyl (C=O) groups excluding carboxylic acids is 4. The Kier molecular flexibility index (Phi) is 13.8. The van der Waals surface area contributed by atoms with Crippen LogP contribution in [0.3, 0.4) is 0 Å². The first-order valence-electron chi connectivity index (χ1n) is 19.3. The lowest BCUT2D eigenvalue weighted by molar-refractivity contribution is -0.149. The van der Waals surface area contributed by atoms with Crippen LogP contribution in [0.5, 0.6) is 5.75 Å². The molecule has 2 aromatic heterocycles. The molecule has 4 heterocycles. The van der Waals surface area contributed by atoms with Crippen LogP contribution in [-0.4, -0.2) is 89.1 Å². The monoisotopic (exact) mass is 816 g/mol. The number of hydrogen-bond acceptors (Lipinski definition) is 10. The number of ether oxygens (including phenoxy) is 1. The largest absolute Gasteiger partial charge is 0.465 e. The van der Waals surface area contributed by atoms with E-state index in [4.69, 9.17) is 14.7 Å². The first-order valence-corrected chi connectivity index (χ1v) is 22.0. The van der Waals surface area contributed by atoms with Gasteiger partial charge in [0.05, 0.1) is 17.6 Å². The highest BCUT2D eigenvalue weighted by Crippen LogP contribution is 2.47. The van der Waals surface area contributed by atoms with E-state index in [1.807, 2.05) is 25.1 Å². The zero-order valence-electron chi connectivity index (χ0n) is 32.1. The van der Waals surface area contributed by atoms with Gasteiger partial charge >= 0.3 is 13.5 Å². The quantitative estimate of drug-likeness (QED) is 0.0577. The van der Waals surface area contributed by atoms with Gasteiger partial charge in [-0.3, -0.25) is 28.5 Å². The highest BCUT2D eigenvalue weighted by molar-refractivity contribution is 7.56. The minimum atomic E-state index is -3.71. The second-order valence-electron chi connectivity index (χ2n) is 14.5. The molecule has 2 aliphatic rings. The van der Waals surface area contributed by atoms with Crippen LogP contribution in [0.4, 0.5) is 0 Å². The Hall–Kier alpha value is -5.11. The maximum absolute atomic E-state index is 14.3. The van der Waals surface area contributed by atoms with Crippen LogP contribution in [0.2, 0.25) is 0 Å². The number of nitrogens with zero attached hydrogens (tertiary/aromatic N) is 2. The molecule has 4 N–H and O–H groups in total. The number of H-pyrrole nitrogens is 1. The Bertz CT molecular complexity index is 2190. The summed E-state index contributed by atoms with van der Waals surface area (Å²) in [6.07, 6.45) is 7.40. The summed E-state index contributed by atoms with van der Waals surface area (Å²) in [5.41, 5.74) is 1.19. The molecule has 0 bridgehead atoms. The molecule has 2 aromatic carbocycles. The van der Waals surface area contributed by atoms with Gasteiger partial charge < -0.3 is 34.8 Å². The number of carbonyl (C=O) groups is 4. The molecular weight excluding hydrogens is 768 g/mol. The van der Waals surface area contributed by atoms with Gasteiger partial charge in [0.2, 0.25) is 11.8 Å². The average Bonchev–Trinajstić information content (AvgIpc) is 3.53. The van der Waals surface area contributed by atoms with E-state index in [0.717, 1.165) is 10.1 Å². The lowest BCUT2D eigenvalue weighted by Gasteiger charge is -2.43. The molecule has 0 saturated carbocycles. The zero-order chi connectivity index (χ0) is 40.5. The van der Waals surface area contributed by atoms with Gasteiger partial charge in [0.25, 0.3) is 5.91 Å². The third-order valence-electron chi connectivity index (χ3n) is 10.1. The molecule has 4 atom stereocenters. The van der Waals surface area contributed by atoms with Crippen LogP contribution in [0.25, 0.3) is 10.1 Å². The highest BCUT2D eigenvalue weighted by Gasteiger charge is 2.41. The third kappa shape index (κ3) is 10.3. The molecule has 2 aliphatic heterocycles. The number of amides is 3. The Balaban J connectivity index is 1.14. The van der Waals surface area contributed by atoms with Crippen LogP contribution in [0, 0.1) is 5.41 Å². The Morgan fingerprint density at radius 1 is 1.09 bits per heavy atom. The Labute approximate surface area is 335 Å². The molecule has 0 aliphatic carbocycles. The van der Waals surface area contributed by atoms with Crippen LogP contribution in [-0.2, 0) is 29.8 Å². The standard InChI is InChI=1S/C41H49N6O8PS/c1-3-20-54-41(52)27(2)45-56(53,55-31-10-5-4-6-11-31)26-28-14-15-36-29(21-28)22-37(57-36)38(49)44-33-12-7-8-19-47(39(33)50)34(13-9-17-42)40(51)46-24-30(25-46)32-23-43-18-16-35(32)48/h4-6,10-11,14-18,21-23,27,30,33-34,42H,3,7-9,12-13,19-20,24-26H2,1-2H3,(H,43,48)(H,44,49)(H,45,53)/t27-,33-,34-,56?/m0/s1. The summed E-state index contributed by atoms with van der Waals surface area (Å²) in [5.74, 6) is -1.23. The Morgan fingerprint density at radius 3 is 2.61 bits per heavy atom. The summed E-state index contributed by atoms with van der Waals surface area (Å²) < 4.78 is 26.4. The van der Waals surface area contributed by atoms with E-state index < -0.39 is 37.5 Å². The fourth-order valence-electron chi connectivity index (χ4n) is 7.18. The second kappa shape index (κ2) is 18.9. The van der Waals surface area contributed by atoms with E-state index in [9.17, 15) is 28.5 Å².